The number of rotatable bonds is 4. The van der Waals surface area contributed by atoms with Crippen LogP contribution in [0.15, 0.2) is 60.9 Å². The fraction of sp³-hybridized carbons (Fsp3) is 0.111. The molecule has 3 rings (SSSR count). The van der Waals surface area contributed by atoms with Gasteiger partial charge in [0.25, 0.3) is 0 Å². The van der Waals surface area contributed by atoms with Gasteiger partial charge in [-0.1, -0.05) is 24.3 Å². The fourth-order valence-corrected chi connectivity index (χ4v) is 2.63. The van der Waals surface area contributed by atoms with Gasteiger partial charge in [0.2, 0.25) is 0 Å². The van der Waals surface area contributed by atoms with Gasteiger partial charge in [0.05, 0.1) is 5.69 Å². The molecular formula is C18H17FN4S. The average molecular weight is 340 g/mol. The van der Waals surface area contributed by atoms with Gasteiger partial charge in [0, 0.05) is 24.6 Å². The molecule has 0 atom stereocenters. The molecule has 3 aromatic rings. The molecule has 122 valence electrons. The van der Waals surface area contributed by atoms with Gasteiger partial charge in [-0.05, 0) is 49.0 Å². The van der Waals surface area contributed by atoms with Crippen LogP contribution in [0.3, 0.4) is 0 Å². The molecule has 6 heteroatoms. The molecule has 0 fully saturated rings. The minimum absolute atomic E-state index is 0.302. The van der Waals surface area contributed by atoms with Crippen molar-refractivity contribution in [1.29, 1.82) is 0 Å². The summed E-state index contributed by atoms with van der Waals surface area (Å²) in [6.07, 6.45) is 3.70. The van der Waals surface area contributed by atoms with Gasteiger partial charge in [0.1, 0.15) is 11.6 Å². The summed E-state index contributed by atoms with van der Waals surface area (Å²) in [6, 6.07) is 14.2. The zero-order valence-corrected chi connectivity index (χ0v) is 14.0. The van der Waals surface area contributed by atoms with Crippen molar-refractivity contribution in [2.45, 2.75) is 13.5 Å². The van der Waals surface area contributed by atoms with Crippen LogP contribution in [0.4, 0.5) is 10.1 Å². The number of anilines is 1. The lowest BCUT2D eigenvalue weighted by molar-refractivity contribution is 0.628. The summed E-state index contributed by atoms with van der Waals surface area (Å²) in [5, 5.41) is 6.57. The van der Waals surface area contributed by atoms with E-state index in [1.807, 2.05) is 42.0 Å². The van der Waals surface area contributed by atoms with E-state index in [9.17, 15) is 4.39 Å². The molecule has 0 aliphatic rings. The molecule has 0 amide bonds. The summed E-state index contributed by atoms with van der Waals surface area (Å²) in [5.41, 5.74) is 2.75. The van der Waals surface area contributed by atoms with Gasteiger partial charge in [0.15, 0.2) is 5.11 Å². The van der Waals surface area contributed by atoms with Crippen molar-refractivity contribution in [3.8, 4) is 5.69 Å². The lowest BCUT2D eigenvalue weighted by atomic mass is 10.1. The first-order valence-corrected chi connectivity index (χ1v) is 7.93. The van der Waals surface area contributed by atoms with Crippen LogP contribution in [0.5, 0.6) is 0 Å². The first kappa shape index (κ1) is 16.1. The zero-order chi connectivity index (χ0) is 16.9. The highest BCUT2D eigenvalue weighted by atomic mass is 32.1. The number of hydrogen-bond donors (Lipinski definition) is 2. The van der Waals surface area contributed by atoms with Crippen LogP contribution in [0.2, 0.25) is 0 Å². The Labute approximate surface area is 145 Å². The molecule has 0 bridgehead atoms. The summed E-state index contributed by atoms with van der Waals surface area (Å²) >= 11 is 5.28. The van der Waals surface area contributed by atoms with E-state index < -0.39 is 0 Å². The molecule has 1 aromatic heterocycles. The van der Waals surface area contributed by atoms with E-state index in [0.29, 0.717) is 17.3 Å². The maximum atomic E-state index is 13.2. The second-order valence-corrected chi connectivity index (χ2v) is 5.70. The predicted octanol–water partition coefficient (Wildman–Crippen LogP) is 3.81. The van der Waals surface area contributed by atoms with Gasteiger partial charge < -0.3 is 15.2 Å². The third-order valence-electron chi connectivity index (χ3n) is 3.60. The number of nitrogens with zero attached hydrogens (tertiary/aromatic N) is 2. The maximum absolute atomic E-state index is 13.2. The maximum Gasteiger partial charge on any atom is 0.171 e. The second kappa shape index (κ2) is 7.23. The number of nitrogens with one attached hydrogen (secondary N) is 2. The Balaban J connectivity index is 1.69. The van der Waals surface area contributed by atoms with Crippen molar-refractivity contribution in [1.82, 2.24) is 14.9 Å². The highest BCUT2D eigenvalue weighted by Crippen LogP contribution is 2.16. The molecule has 0 spiro atoms. The molecule has 0 unspecified atom stereocenters. The summed E-state index contributed by atoms with van der Waals surface area (Å²) < 4.78 is 15.2. The zero-order valence-electron chi connectivity index (χ0n) is 13.2. The number of halogens is 1. The molecule has 0 aliphatic carbocycles. The molecule has 2 N–H and O–H groups in total. The van der Waals surface area contributed by atoms with Crippen LogP contribution in [-0.4, -0.2) is 14.7 Å². The summed E-state index contributed by atoms with van der Waals surface area (Å²) in [5.74, 6) is 0.617. The smallest absolute Gasteiger partial charge is 0.171 e. The lowest BCUT2D eigenvalue weighted by Gasteiger charge is -2.14. The third kappa shape index (κ3) is 3.78. The van der Waals surface area contributed by atoms with Gasteiger partial charge in [-0.2, -0.15) is 0 Å². The molecule has 0 saturated carbocycles. The molecule has 0 radical (unpaired) electrons. The minimum atomic E-state index is -0.302. The van der Waals surface area contributed by atoms with E-state index in [1.165, 1.54) is 12.1 Å². The van der Waals surface area contributed by atoms with E-state index >= 15 is 0 Å². The quantitative estimate of drug-likeness (QED) is 0.709. The molecule has 24 heavy (non-hydrogen) atoms. The monoisotopic (exact) mass is 340 g/mol. The standard InChI is InChI=1S/C18H17FN4S/c1-13-20-9-10-23(13)17-8-3-2-5-14(17)12-21-18(24)22-16-7-4-6-15(19)11-16/h2-11H,12H2,1H3,(H2,21,22,24). The van der Waals surface area contributed by atoms with Gasteiger partial charge in [-0.25, -0.2) is 9.37 Å². The average Bonchev–Trinajstić information content (AvgIpc) is 2.99. The number of hydrogen-bond acceptors (Lipinski definition) is 2. The third-order valence-corrected chi connectivity index (χ3v) is 3.85. The van der Waals surface area contributed by atoms with Crippen molar-refractivity contribution < 1.29 is 4.39 Å². The Kier molecular flexibility index (Phi) is 4.86. The molecule has 2 aromatic carbocycles. The Morgan fingerprint density at radius 1 is 1.21 bits per heavy atom. The molecule has 0 aliphatic heterocycles. The SMILES string of the molecule is Cc1nccn1-c1ccccc1CNC(=S)Nc1cccc(F)c1. The van der Waals surface area contributed by atoms with Crippen LogP contribution in [0, 0.1) is 12.7 Å². The van der Waals surface area contributed by atoms with E-state index in [0.717, 1.165) is 17.1 Å². The van der Waals surface area contributed by atoms with Crippen LogP contribution < -0.4 is 10.6 Å². The van der Waals surface area contributed by atoms with Gasteiger partial charge >= 0.3 is 0 Å². The van der Waals surface area contributed by atoms with Crippen LogP contribution in [0.1, 0.15) is 11.4 Å². The highest BCUT2D eigenvalue weighted by molar-refractivity contribution is 7.80. The van der Waals surface area contributed by atoms with E-state index in [2.05, 4.69) is 15.6 Å². The van der Waals surface area contributed by atoms with Crippen molar-refractivity contribution in [3.05, 3.63) is 78.1 Å². The van der Waals surface area contributed by atoms with E-state index in [4.69, 9.17) is 12.2 Å². The molecular weight excluding hydrogens is 323 g/mol. The Hall–Kier alpha value is -2.73. The Bertz CT molecular complexity index is 859. The van der Waals surface area contributed by atoms with Gasteiger partial charge in [-0.15, -0.1) is 0 Å². The van der Waals surface area contributed by atoms with Crippen molar-refractivity contribution in [2.24, 2.45) is 0 Å². The largest absolute Gasteiger partial charge is 0.358 e. The Morgan fingerprint density at radius 3 is 2.79 bits per heavy atom. The van der Waals surface area contributed by atoms with Crippen molar-refractivity contribution in [2.75, 3.05) is 5.32 Å². The van der Waals surface area contributed by atoms with E-state index in [-0.39, 0.29) is 5.82 Å². The summed E-state index contributed by atoms with van der Waals surface area (Å²) in [6.45, 7) is 2.51. The number of imidazole rings is 1. The number of benzene rings is 2. The first-order valence-electron chi connectivity index (χ1n) is 7.52. The predicted molar refractivity (Wildman–Crippen MR) is 97.8 cm³/mol. The molecule has 0 saturated heterocycles. The normalized spacial score (nSPS) is 10.4. The van der Waals surface area contributed by atoms with Crippen molar-refractivity contribution in [3.63, 3.8) is 0 Å². The fourth-order valence-electron chi connectivity index (χ4n) is 2.44. The lowest BCUT2D eigenvalue weighted by Crippen LogP contribution is -2.28. The number of aromatic nitrogens is 2. The number of thiocarbonyl (C=S) groups is 1. The topological polar surface area (TPSA) is 41.9 Å². The molecule has 4 nitrogen and oxygen atoms in total. The first-order chi connectivity index (χ1) is 11.6. The highest BCUT2D eigenvalue weighted by Gasteiger charge is 2.07. The number of aryl methyl sites for hydroxylation is 1. The van der Waals surface area contributed by atoms with Crippen LogP contribution in [0.25, 0.3) is 5.69 Å². The van der Waals surface area contributed by atoms with Gasteiger partial charge in [-0.3, -0.25) is 0 Å². The van der Waals surface area contributed by atoms with Crippen LogP contribution >= 0.6 is 12.2 Å². The summed E-state index contributed by atoms with van der Waals surface area (Å²) in [7, 11) is 0. The van der Waals surface area contributed by atoms with E-state index in [1.54, 1.807) is 18.3 Å². The Morgan fingerprint density at radius 2 is 2.04 bits per heavy atom. The molecule has 1 heterocycles. The van der Waals surface area contributed by atoms with Crippen LogP contribution in [-0.2, 0) is 6.54 Å². The summed E-state index contributed by atoms with van der Waals surface area (Å²) in [4.78, 5) is 4.26. The minimum Gasteiger partial charge on any atom is -0.358 e. The second-order valence-electron chi connectivity index (χ2n) is 5.29. The number of para-hydroxylation sites is 1. The van der Waals surface area contributed by atoms with Crippen molar-refractivity contribution >= 4 is 23.0 Å².